The summed E-state index contributed by atoms with van der Waals surface area (Å²) < 4.78 is 39.6. The molecule has 134 valence electrons. The molecule has 4 nitrogen and oxygen atoms in total. The number of alkyl halides is 3. The highest BCUT2D eigenvalue weighted by atomic mass is 32.2. The first-order valence-corrected chi connectivity index (χ1v) is 8.38. The van der Waals surface area contributed by atoms with Crippen LogP contribution in [0.25, 0.3) is 0 Å². The van der Waals surface area contributed by atoms with Crippen molar-refractivity contribution in [1.82, 2.24) is 9.55 Å². The van der Waals surface area contributed by atoms with E-state index in [2.05, 4.69) is 10.3 Å². The van der Waals surface area contributed by atoms with Gasteiger partial charge in [0.25, 0.3) is 5.91 Å². The Kier molecular flexibility index (Phi) is 5.03. The van der Waals surface area contributed by atoms with Gasteiger partial charge in [-0.25, -0.2) is 4.98 Å². The van der Waals surface area contributed by atoms with Gasteiger partial charge < -0.3 is 9.88 Å². The van der Waals surface area contributed by atoms with Crippen LogP contribution >= 0.6 is 11.8 Å². The maximum atomic E-state index is 12.6. The van der Waals surface area contributed by atoms with Gasteiger partial charge in [0.15, 0.2) is 5.16 Å². The van der Waals surface area contributed by atoms with Gasteiger partial charge in [-0.05, 0) is 48.5 Å². The summed E-state index contributed by atoms with van der Waals surface area (Å²) in [5, 5.41) is 3.50. The number of benzene rings is 2. The molecule has 1 N–H and O–H groups in total. The number of halogens is 3. The Morgan fingerprint density at radius 2 is 1.73 bits per heavy atom. The van der Waals surface area contributed by atoms with Crippen molar-refractivity contribution >= 4 is 23.4 Å². The molecule has 0 aliphatic heterocycles. The number of nitrogens with one attached hydrogen (secondary N) is 1. The van der Waals surface area contributed by atoms with Crippen LogP contribution in [0.4, 0.5) is 18.9 Å². The molecule has 0 aliphatic carbocycles. The summed E-state index contributed by atoms with van der Waals surface area (Å²) in [4.78, 5) is 17.3. The number of aryl methyl sites for hydroxylation is 1. The van der Waals surface area contributed by atoms with E-state index in [4.69, 9.17) is 0 Å². The maximum absolute atomic E-state index is 12.6. The molecule has 1 heterocycles. The van der Waals surface area contributed by atoms with Crippen LogP contribution in [0.5, 0.6) is 0 Å². The van der Waals surface area contributed by atoms with E-state index >= 15 is 0 Å². The predicted octanol–water partition coefficient (Wildman–Crippen LogP) is 4.84. The summed E-state index contributed by atoms with van der Waals surface area (Å²) in [7, 11) is 1.90. The predicted molar refractivity (Wildman–Crippen MR) is 93.2 cm³/mol. The van der Waals surface area contributed by atoms with Crippen molar-refractivity contribution in [3.05, 3.63) is 72.1 Å². The number of amides is 1. The van der Waals surface area contributed by atoms with Gasteiger partial charge in [0.2, 0.25) is 0 Å². The van der Waals surface area contributed by atoms with Crippen molar-refractivity contribution in [2.45, 2.75) is 16.2 Å². The standard InChI is InChI=1S/C18H14F3N3OS/c1-24-11-10-22-17(24)26-15-8-6-14(7-9-15)23-16(25)12-2-4-13(5-3-12)18(19,20)21/h2-11H,1H3,(H,23,25). The minimum Gasteiger partial charge on any atom is -0.329 e. The molecule has 1 aromatic heterocycles. The Labute approximate surface area is 152 Å². The highest BCUT2D eigenvalue weighted by Gasteiger charge is 2.30. The minimum absolute atomic E-state index is 0.157. The molecule has 26 heavy (non-hydrogen) atoms. The van der Waals surface area contributed by atoms with Gasteiger partial charge in [-0.1, -0.05) is 11.8 Å². The summed E-state index contributed by atoms with van der Waals surface area (Å²) >= 11 is 1.48. The fourth-order valence-electron chi connectivity index (χ4n) is 2.18. The molecule has 0 aliphatic rings. The van der Waals surface area contributed by atoms with Crippen molar-refractivity contribution < 1.29 is 18.0 Å². The zero-order valence-electron chi connectivity index (χ0n) is 13.6. The first kappa shape index (κ1) is 18.1. The molecular formula is C18H14F3N3OS. The molecule has 0 atom stereocenters. The quantitative estimate of drug-likeness (QED) is 0.708. The van der Waals surface area contributed by atoms with Crippen LogP contribution in [0.2, 0.25) is 0 Å². The molecule has 0 saturated heterocycles. The van der Waals surface area contributed by atoms with Crippen molar-refractivity contribution in [2.24, 2.45) is 7.05 Å². The number of nitrogens with zero attached hydrogens (tertiary/aromatic N) is 2. The average molecular weight is 377 g/mol. The van der Waals surface area contributed by atoms with Crippen molar-refractivity contribution in [1.29, 1.82) is 0 Å². The molecule has 1 amide bonds. The fourth-order valence-corrected chi connectivity index (χ4v) is 2.98. The van der Waals surface area contributed by atoms with E-state index in [0.29, 0.717) is 5.69 Å². The lowest BCUT2D eigenvalue weighted by Crippen LogP contribution is -2.12. The van der Waals surface area contributed by atoms with E-state index in [1.165, 1.54) is 11.8 Å². The Bertz CT molecular complexity index is 903. The Morgan fingerprint density at radius 1 is 1.08 bits per heavy atom. The molecule has 0 fully saturated rings. The molecular weight excluding hydrogens is 363 g/mol. The van der Waals surface area contributed by atoms with E-state index in [-0.39, 0.29) is 5.56 Å². The van der Waals surface area contributed by atoms with Crippen molar-refractivity contribution in [3.63, 3.8) is 0 Å². The van der Waals surface area contributed by atoms with Gasteiger partial charge in [-0.2, -0.15) is 13.2 Å². The number of hydrogen-bond donors (Lipinski definition) is 1. The monoisotopic (exact) mass is 377 g/mol. The number of aromatic nitrogens is 2. The summed E-state index contributed by atoms with van der Waals surface area (Å²) in [5.41, 5.74) is -0.0757. The van der Waals surface area contributed by atoms with Crippen LogP contribution in [0, 0.1) is 0 Å². The van der Waals surface area contributed by atoms with E-state index < -0.39 is 17.6 Å². The molecule has 2 aromatic carbocycles. The van der Waals surface area contributed by atoms with Gasteiger partial charge >= 0.3 is 6.18 Å². The zero-order chi connectivity index (χ0) is 18.7. The van der Waals surface area contributed by atoms with Crippen LogP contribution in [-0.2, 0) is 13.2 Å². The number of anilines is 1. The average Bonchev–Trinajstić information content (AvgIpc) is 3.01. The van der Waals surface area contributed by atoms with Crippen molar-refractivity contribution in [2.75, 3.05) is 5.32 Å². The van der Waals surface area contributed by atoms with Crippen LogP contribution in [0.15, 0.2) is 71.0 Å². The lowest BCUT2D eigenvalue weighted by molar-refractivity contribution is -0.137. The first-order valence-electron chi connectivity index (χ1n) is 7.57. The zero-order valence-corrected chi connectivity index (χ0v) is 14.4. The number of hydrogen-bond acceptors (Lipinski definition) is 3. The SMILES string of the molecule is Cn1ccnc1Sc1ccc(NC(=O)c2ccc(C(F)(F)F)cc2)cc1. The molecule has 0 unspecified atom stereocenters. The van der Waals surface area contributed by atoms with Gasteiger partial charge in [-0.3, -0.25) is 4.79 Å². The number of carbonyl (C=O) groups is 1. The second-order valence-electron chi connectivity index (χ2n) is 5.48. The van der Waals surface area contributed by atoms with Gasteiger partial charge in [0.1, 0.15) is 0 Å². The lowest BCUT2D eigenvalue weighted by Gasteiger charge is -2.09. The lowest BCUT2D eigenvalue weighted by atomic mass is 10.1. The maximum Gasteiger partial charge on any atom is 0.416 e. The van der Waals surface area contributed by atoms with Crippen molar-refractivity contribution in [3.8, 4) is 0 Å². The first-order chi connectivity index (χ1) is 12.3. The summed E-state index contributed by atoms with van der Waals surface area (Å²) in [5.74, 6) is -0.469. The van der Waals surface area contributed by atoms with Gasteiger partial charge in [0, 0.05) is 35.6 Å². The Morgan fingerprint density at radius 3 is 2.27 bits per heavy atom. The summed E-state index contributed by atoms with van der Waals surface area (Å²) in [6.45, 7) is 0. The van der Waals surface area contributed by atoms with Crippen LogP contribution in [0.3, 0.4) is 0 Å². The second kappa shape index (κ2) is 7.25. The molecule has 0 radical (unpaired) electrons. The van der Waals surface area contributed by atoms with Crippen LogP contribution < -0.4 is 5.32 Å². The third-order valence-electron chi connectivity index (χ3n) is 3.57. The fraction of sp³-hybridized carbons (Fsp3) is 0.111. The van der Waals surface area contributed by atoms with E-state index in [1.54, 1.807) is 18.3 Å². The molecule has 0 saturated carbocycles. The normalized spacial score (nSPS) is 11.4. The third kappa shape index (κ3) is 4.26. The number of rotatable bonds is 4. The van der Waals surface area contributed by atoms with E-state index in [9.17, 15) is 18.0 Å². The van der Waals surface area contributed by atoms with Crippen LogP contribution in [0.1, 0.15) is 15.9 Å². The highest BCUT2D eigenvalue weighted by molar-refractivity contribution is 7.99. The van der Waals surface area contributed by atoms with Gasteiger partial charge in [-0.15, -0.1) is 0 Å². The molecule has 3 aromatic rings. The molecule has 0 spiro atoms. The third-order valence-corrected chi connectivity index (χ3v) is 4.66. The highest BCUT2D eigenvalue weighted by Crippen LogP contribution is 2.29. The Balaban J connectivity index is 1.65. The molecule has 8 heteroatoms. The smallest absolute Gasteiger partial charge is 0.329 e. The van der Waals surface area contributed by atoms with E-state index in [0.717, 1.165) is 34.3 Å². The van der Waals surface area contributed by atoms with E-state index in [1.807, 2.05) is 29.9 Å². The summed E-state index contributed by atoms with van der Waals surface area (Å²) in [6, 6.07) is 11.2. The molecule has 3 rings (SSSR count). The number of carbonyl (C=O) groups excluding carboxylic acids is 1. The topological polar surface area (TPSA) is 46.9 Å². The summed E-state index contributed by atoms with van der Waals surface area (Å²) in [6.07, 6.45) is -0.863. The molecule has 0 bridgehead atoms. The minimum atomic E-state index is -4.42. The largest absolute Gasteiger partial charge is 0.416 e. The van der Waals surface area contributed by atoms with Crippen LogP contribution in [-0.4, -0.2) is 15.5 Å². The Hall–Kier alpha value is -2.74. The second-order valence-corrected chi connectivity index (χ2v) is 6.52. The number of imidazole rings is 1. The van der Waals surface area contributed by atoms with Gasteiger partial charge in [0.05, 0.1) is 5.56 Å².